The summed E-state index contributed by atoms with van der Waals surface area (Å²) in [6, 6.07) is 11.7. The maximum atomic E-state index is 12.2. The Kier molecular flexibility index (Phi) is 5.78. The Morgan fingerprint density at radius 2 is 1.96 bits per heavy atom. The van der Waals surface area contributed by atoms with Crippen molar-refractivity contribution in [2.24, 2.45) is 5.10 Å². The molecule has 6 nitrogen and oxygen atoms in total. The third-order valence-corrected chi connectivity index (χ3v) is 3.08. The van der Waals surface area contributed by atoms with Crippen molar-refractivity contribution in [3.8, 4) is 17.2 Å². The van der Waals surface area contributed by atoms with Crippen LogP contribution in [-0.4, -0.2) is 30.4 Å². The number of carbonyl (C=O) groups is 1. The number of ether oxygens (including phenoxy) is 2. The number of phenolic OH excluding ortho intramolecular Hbond substituents is 1. The lowest BCUT2D eigenvalue weighted by Crippen LogP contribution is -2.19. The van der Waals surface area contributed by atoms with Crippen molar-refractivity contribution in [1.82, 2.24) is 5.43 Å². The Balaban J connectivity index is 2.08. The highest BCUT2D eigenvalue weighted by Gasteiger charge is 2.12. The number of phenols is 1. The van der Waals surface area contributed by atoms with Crippen LogP contribution in [0.1, 0.15) is 29.8 Å². The van der Waals surface area contributed by atoms with Crippen molar-refractivity contribution in [1.29, 1.82) is 0 Å². The maximum absolute atomic E-state index is 12.2. The third kappa shape index (κ3) is 4.49. The number of benzene rings is 2. The molecule has 0 saturated heterocycles. The summed E-state index contributed by atoms with van der Waals surface area (Å²) in [5.74, 6) is 0.513. The highest BCUT2D eigenvalue weighted by molar-refractivity contribution is 5.97. The SMILES string of the molecule is COc1cc(/C=N\NC(=O)c2ccccc2OC(C)C)ccc1O. The first-order valence-electron chi connectivity index (χ1n) is 7.47. The lowest BCUT2D eigenvalue weighted by Gasteiger charge is -2.12. The Morgan fingerprint density at radius 1 is 1.21 bits per heavy atom. The summed E-state index contributed by atoms with van der Waals surface area (Å²) in [5.41, 5.74) is 3.55. The first kappa shape index (κ1) is 17.3. The number of hydrogen-bond acceptors (Lipinski definition) is 5. The van der Waals surface area contributed by atoms with Crippen molar-refractivity contribution < 1.29 is 19.4 Å². The summed E-state index contributed by atoms with van der Waals surface area (Å²) in [6.07, 6.45) is 1.43. The maximum Gasteiger partial charge on any atom is 0.275 e. The van der Waals surface area contributed by atoms with Crippen LogP contribution in [0.3, 0.4) is 0 Å². The lowest BCUT2D eigenvalue weighted by molar-refractivity contribution is 0.0949. The first-order valence-corrected chi connectivity index (χ1v) is 7.47. The Bertz CT molecular complexity index is 742. The van der Waals surface area contributed by atoms with Crippen molar-refractivity contribution in [2.45, 2.75) is 20.0 Å². The third-order valence-electron chi connectivity index (χ3n) is 3.08. The topological polar surface area (TPSA) is 80.2 Å². The van der Waals surface area contributed by atoms with Crippen LogP contribution in [0, 0.1) is 0 Å². The molecule has 126 valence electrons. The standard InChI is InChI=1S/C18H20N2O4/c1-12(2)24-16-7-5-4-6-14(16)18(22)20-19-11-13-8-9-15(21)17(10-13)23-3/h4-12,21H,1-3H3,(H,20,22)/b19-11-. The molecular weight excluding hydrogens is 308 g/mol. The molecule has 0 aliphatic carbocycles. The van der Waals surface area contributed by atoms with Gasteiger partial charge in [-0.3, -0.25) is 4.79 Å². The van der Waals surface area contributed by atoms with Crippen LogP contribution in [-0.2, 0) is 0 Å². The summed E-state index contributed by atoms with van der Waals surface area (Å²) in [4.78, 5) is 12.2. The molecule has 24 heavy (non-hydrogen) atoms. The molecular formula is C18H20N2O4. The summed E-state index contributed by atoms with van der Waals surface area (Å²) in [7, 11) is 1.46. The number of rotatable bonds is 6. The van der Waals surface area contributed by atoms with Gasteiger partial charge < -0.3 is 14.6 Å². The van der Waals surface area contributed by atoms with E-state index in [1.54, 1.807) is 36.4 Å². The number of hydrazone groups is 1. The molecule has 6 heteroatoms. The lowest BCUT2D eigenvalue weighted by atomic mass is 10.2. The number of aromatic hydroxyl groups is 1. The van der Waals surface area contributed by atoms with Gasteiger partial charge in [-0.25, -0.2) is 5.43 Å². The minimum atomic E-state index is -0.367. The zero-order valence-electron chi connectivity index (χ0n) is 13.8. The van der Waals surface area contributed by atoms with Gasteiger partial charge in [-0.05, 0) is 49.7 Å². The molecule has 0 unspecified atom stereocenters. The molecule has 0 saturated carbocycles. The van der Waals surface area contributed by atoms with Crippen LogP contribution in [0.25, 0.3) is 0 Å². The molecule has 0 aliphatic rings. The molecule has 0 aromatic heterocycles. The van der Waals surface area contributed by atoms with Crippen LogP contribution in [0.5, 0.6) is 17.2 Å². The molecule has 0 radical (unpaired) electrons. The minimum Gasteiger partial charge on any atom is -0.504 e. The van der Waals surface area contributed by atoms with Crippen LogP contribution < -0.4 is 14.9 Å². The predicted octanol–water partition coefficient (Wildman–Crippen LogP) is 2.95. The summed E-state index contributed by atoms with van der Waals surface area (Å²) in [6.45, 7) is 3.79. The minimum absolute atomic E-state index is 0.0353. The van der Waals surface area contributed by atoms with Gasteiger partial charge in [0.1, 0.15) is 5.75 Å². The molecule has 0 atom stereocenters. The largest absolute Gasteiger partial charge is 0.504 e. The number of para-hydroxylation sites is 1. The highest BCUT2D eigenvalue weighted by atomic mass is 16.5. The average Bonchev–Trinajstić information content (AvgIpc) is 2.56. The van der Waals surface area contributed by atoms with Gasteiger partial charge in [0.2, 0.25) is 0 Å². The Morgan fingerprint density at radius 3 is 2.67 bits per heavy atom. The molecule has 0 heterocycles. The molecule has 2 rings (SSSR count). The molecule has 0 spiro atoms. The second-order valence-electron chi connectivity index (χ2n) is 5.29. The highest BCUT2D eigenvalue weighted by Crippen LogP contribution is 2.25. The van der Waals surface area contributed by atoms with Crippen molar-refractivity contribution in [3.63, 3.8) is 0 Å². The monoisotopic (exact) mass is 328 g/mol. The van der Waals surface area contributed by atoms with E-state index in [0.717, 1.165) is 0 Å². The van der Waals surface area contributed by atoms with E-state index in [1.165, 1.54) is 19.4 Å². The van der Waals surface area contributed by atoms with E-state index in [2.05, 4.69) is 10.5 Å². The van der Waals surface area contributed by atoms with E-state index in [-0.39, 0.29) is 17.8 Å². The fraction of sp³-hybridized carbons (Fsp3) is 0.222. The quantitative estimate of drug-likeness (QED) is 0.631. The second kappa shape index (κ2) is 8.01. The summed E-state index contributed by atoms with van der Waals surface area (Å²) in [5, 5.41) is 13.5. The molecule has 0 fully saturated rings. The van der Waals surface area contributed by atoms with E-state index in [1.807, 2.05) is 13.8 Å². The number of nitrogens with zero attached hydrogens (tertiary/aromatic N) is 1. The van der Waals surface area contributed by atoms with Gasteiger partial charge in [0.15, 0.2) is 11.5 Å². The van der Waals surface area contributed by atoms with Gasteiger partial charge in [-0.2, -0.15) is 5.10 Å². The second-order valence-corrected chi connectivity index (χ2v) is 5.29. The summed E-state index contributed by atoms with van der Waals surface area (Å²) < 4.78 is 10.6. The molecule has 0 bridgehead atoms. The van der Waals surface area contributed by atoms with E-state index < -0.39 is 0 Å². The zero-order valence-corrected chi connectivity index (χ0v) is 13.8. The van der Waals surface area contributed by atoms with E-state index in [9.17, 15) is 9.90 Å². The molecule has 2 N–H and O–H groups in total. The van der Waals surface area contributed by atoms with Crippen molar-refractivity contribution in [2.75, 3.05) is 7.11 Å². The smallest absolute Gasteiger partial charge is 0.275 e. The number of carbonyl (C=O) groups excluding carboxylic acids is 1. The molecule has 1 amide bonds. The van der Waals surface area contributed by atoms with E-state index in [0.29, 0.717) is 22.6 Å². The van der Waals surface area contributed by atoms with Crippen molar-refractivity contribution >= 4 is 12.1 Å². The van der Waals surface area contributed by atoms with Gasteiger partial charge in [0.05, 0.1) is 25.0 Å². The van der Waals surface area contributed by atoms with E-state index >= 15 is 0 Å². The van der Waals surface area contributed by atoms with Crippen LogP contribution >= 0.6 is 0 Å². The van der Waals surface area contributed by atoms with Gasteiger partial charge in [0, 0.05) is 0 Å². The number of methoxy groups -OCH3 is 1. The molecule has 2 aromatic carbocycles. The fourth-order valence-electron chi connectivity index (χ4n) is 2.01. The number of amides is 1. The number of nitrogens with one attached hydrogen (secondary N) is 1. The number of hydrogen-bond donors (Lipinski definition) is 2. The Hall–Kier alpha value is -3.02. The molecule has 0 aliphatic heterocycles. The zero-order chi connectivity index (χ0) is 17.5. The fourth-order valence-corrected chi connectivity index (χ4v) is 2.01. The average molecular weight is 328 g/mol. The van der Waals surface area contributed by atoms with Gasteiger partial charge in [0.25, 0.3) is 5.91 Å². The Labute approximate surface area is 140 Å². The normalized spacial score (nSPS) is 10.8. The van der Waals surface area contributed by atoms with Crippen LogP contribution in [0.2, 0.25) is 0 Å². The summed E-state index contributed by atoms with van der Waals surface area (Å²) >= 11 is 0. The molecule has 2 aromatic rings. The van der Waals surface area contributed by atoms with Crippen LogP contribution in [0.4, 0.5) is 0 Å². The van der Waals surface area contributed by atoms with Gasteiger partial charge in [-0.15, -0.1) is 0 Å². The van der Waals surface area contributed by atoms with Gasteiger partial charge in [-0.1, -0.05) is 12.1 Å². The first-order chi connectivity index (χ1) is 11.5. The van der Waals surface area contributed by atoms with Crippen molar-refractivity contribution in [3.05, 3.63) is 53.6 Å². The predicted molar refractivity (Wildman–Crippen MR) is 91.9 cm³/mol. The van der Waals surface area contributed by atoms with Crippen LogP contribution in [0.15, 0.2) is 47.6 Å². The van der Waals surface area contributed by atoms with Gasteiger partial charge >= 0.3 is 0 Å². The van der Waals surface area contributed by atoms with E-state index in [4.69, 9.17) is 9.47 Å².